The number of pyridine rings is 2. The molecule has 3 aromatic heterocycles. The first-order valence-electron chi connectivity index (χ1n) is 23.1. The third-order valence-electron chi connectivity index (χ3n) is 14.8. The molecule has 17 heteroatoms. The van der Waals surface area contributed by atoms with E-state index in [4.69, 9.17) is 10.5 Å². The minimum Gasteiger partial charge on any atom is -0.455 e. The van der Waals surface area contributed by atoms with E-state index in [0.717, 1.165) is 94.6 Å². The summed E-state index contributed by atoms with van der Waals surface area (Å²) in [7, 11) is -2.36. The van der Waals surface area contributed by atoms with Crippen molar-refractivity contribution in [3.05, 3.63) is 106 Å². The number of carbonyl (C=O) groups excluding carboxylic acids is 1. The Kier molecular flexibility index (Phi) is 11.7. The lowest BCUT2D eigenvalue weighted by molar-refractivity contribution is -0.384. The summed E-state index contributed by atoms with van der Waals surface area (Å²) >= 11 is 0. The van der Waals surface area contributed by atoms with Crippen LogP contribution in [0, 0.1) is 21.4 Å². The number of benzene rings is 2. The van der Waals surface area contributed by atoms with Crippen molar-refractivity contribution >= 4 is 44.2 Å². The number of fused-ring (bicyclic) bond motifs is 1. The first kappa shape index (κ1) is 43.3. The van der Waals surface area contributed by atoms with Crippen molar-refractivity contribution in [2.75, 3.05) is 56.5 Å². The third kappa shape index (κ3) is 9.15. The van der Waals surface area contributed by atoms with E-state index < -0.39 is 31.4 Å². The number of piperidine rings is 1. The predicted molar refractivity (Wildman–Crippen MR) is 249 cm³/mol. The molecular formula is C48H58N10O6S. The Balaban J connectivity index is 0.840. The number of nitrogens with zero attached hydrogens (tertiary/aromatic N) is 6. The number of amides is 1. The van der Waals surface area contributed by atoms with Crippen LogP contribution in [-0.4, -0.2) is 102 Å². The third-order valence-corrected chi connectivity index (χ3v) is 16.1. The number of aromatic nitrogens is 3. The molecule has 2 saturated heterocycles. The quantitative estimate of drug-likeness (QED) is 0.0676. The smallest absolute Gasteiger partial charge is 0.312 e. The number of ether oxygens (including phenoxy) is 1. The average molecular weight is 903 g/mol. The lowest BCUT2D eigenvalue weighted by Gasteiger charge is -2.58. The number of hydrogen-bond donors (Lipinski definition) is 4. The van der Waals surface area contributed by atoms with Crippen LogP contribution in [0.5, 0.6) is 11.5 Å². The maximum Gasteiger partial charge on any atom is 0.312 e. The molecule has 1 atom stereocenters. The molecule has 0 bridgehead atoms. The number of nitro groups is 1. The summed E-state index contributed by atoms with van der Waals surface area (Å²) in [5, 5.41) is 16.0. The van der Waals surface area contributed by atoms with Crippen LogP contribution in [-0.2, 0) is 10.0 Å². The summed E-state index contributed by atoms with van der Waals surface area (Å²) in [5.74, 6) is 0.504. The van der Waals surface area contributed by atoms with Gasteiger partial charge in [-0.3, -0.25) is 19.8 Å². The molecule has 0 radical (unpaired) electrons. The van der Waals surface area contributed by atoms with Gasteiger partial charge in [0.25, 0.3) is 15.9 Å². The second kappa shape index (κ2) is 17.6. The Morgan fingerprint density at radius 1 is 0.954 bits per heavy atom. The molecule has 2 aromatic carbocycles. The van der Waals surface area contributed by atoms with Gasteiger partial charge in [0.15, 0.2) is 0 Å². The number of carbonyl (C=O) groups is 1. The number of H-pyrrole nitrogens is 1. The highest BCUT2D eigenvalue weighted by Gasteiger charge is 2.50. The zero-order chi connectivity index (χ0) is 44.9. The second-order valence-electron chi connectivity index (χ2n) is 19.2. The fourth-order valence-corrected chi connectivity index (χ4v) is 11.8. The van der Waals surface area contributed by atoms with E-state index >= 15 is 0 Å². The molecule has 0 unspecified atom stereocenters. The molecule has 3 saturated carbocycles. The van der Waals surface area contributed by atoms with Crippen molar-refractivity contribution in [3.63, 3.8) is 0 Å². The van der Waals surface area contributed by atoms with Crippen molar-refractivity contribution in [3.8, 4) is 11.5 Å². The van der Waals surface area contributed by atoms with E-state index in [1.165, 1.54) is 31.2 Å². The highest BCUT2D eigenvalue weighted by molar-refractivity contribution is 7.90. The van der Waals surface area contributed by atoms with E-state index in [2.05, 4.69) is 71.0 Å². The van der Waals surface area contributed by atoms with Gasteiger partial charge in [0.2, 0.25) is 5.82 Å². The van der Waals surface area contributed by atoms with Gasteiger partial charge < -0.3 is 30.6 Å². The van der Waals surface area contributed by atoms with Gasteiger partial charge in [-0.15, -0.1) is 0 Å². The van der Waals surface area contributed by atoms with E-state index in [1.54, 1.807) is 36.2 Å². The number of likely N-dealkylation sites (N-methyl/N-ethyl adjacent to an activating group) is 1. The Labute approximate surface area is 379 Å². The van der Waals surface area contributed by atoms with Crippen LogP contribution < -0.4 is 25.4 Å². The lowest BCUT2D eigenvalue weighted by atomic mass is 9.59. The van der Waals surface area contributed by atoms with Crippen LogP contribution >= 0.6 is 0 Å². The highest BCUT2D eigenvalue weighted by Crippen LogP contribution is 2.54. The number of hydrogen-bond acceptors (Lipinski definition) is 13. The minimum absolute atomic E-state index is 0.0280. The van der Waals surface area contributed by atoms with Crippen molar-refractivity contribution < 1.29 is 22.9 Å². The minimum atomic E-state index is -4.61. The normalized spacial score (nSPS) is 23.0. The Bertz CT molecular complexity index is 2680. The Morgan fingerprint density at radius 2 is 1.72 bits per heavy atom. The van der Waals surface area contributed by atoms with Gasteiger partial charge >= 0.3 is 5.69 Å². The van der Waals surface area contributed by atoms with Gasteiger partial charge in [-0.05, 0) is 124 Å². The van der Waals surface area contributed by atoms with Crippen LogP contribution in [0.25, 0.3) is 11.0 Å². The van der Waals surface area contributed by atoms with Gasteiger partial charge in [-0.2, -0.15) is 0 Å². The molecular weight excluding hydrogens is 845 g/mol. The summed E-state index contributed by atoms with van der Waals surface area (Å²) in [6.45, 7) is 5.35. The van der Waals surface area contributed by atoms with Crippen LogP contribution in [0.15, 0.2) is 84.1 Å². The van der Waals surface area contributed by atoms with Crippen LogP contribution in [0.1, 0.15) is 97.7 Å². The zero-order valence-corrected chi connectivity index (χ0v) is 37.6. The molecule has 1 spiro atoms. The van der Waals surface area contributed by atoms with Gasteiger partial charge in [-0.25, -0.2) is 23.1 Å². The van der Waals surface area contributed by atoms with Gasteiger partial charge in [0.05, 0.1) is 22.9 Å². The predicted octanol–water partition coefficient (Wildman–Crippen LogP) is 7.32. The fraction of sp³-hybridized carbons (Fsp3) is 0.479. The first-order valence-corrected chi connectivity index (χ1v) is 24.6. The van der Waals surface area contributed by atoms with Crippen molar-refractivity contribution in [1.82, 2.24) is 29.5 Å². The van der Waals surface area contributed by atoms with Crippen LogP contribution in [0.2, 0.25) is 0 Å². The van der Waals surface area contributed by atoms with Crippen LogP contribution in [0.3, 0.4) is 0 Å². The van der Waals surface area contributed by atoms with E-state index in [1.807, 2.05) is 12.1 Å². The molecule has 5 N–H and O–H groups in total. The maximum absolute atomic E-state index is 14.0. The van der Waals surface area contributed by atoms with Crippen molar-refractivity contribution in [2.45, 2.75) is 93.1 Å². The largest absolute Gasteiger partial charge is 0.455 e. The van der Waals surface area contributed by atoms with E-state index in [9.17, 15) is 23.3 Å². The zero-order valence-electron chi connectivity index (χ0n) is 36.8. The molecule has 3 aliphatic carbocycles. The Morgan fingerprint density at radius 3 is 2.48 bits per heavy atom. The maximum atomic E-state index is 14.0. The summed E-state index contributed by atoms with van der Waals surface area (Å²) < 4.78 is 35.9. The number of nitrogens with one attached hydrogen (secondary N) is 3. The fourth-order valence-electron chi connectivity index (χ4n) is 10.9. The summed E-state index contributed by atoms with van der Waals surface area (Å²) in [6, 6.07) is 20.0. The van der Waals surface area contributed by atoms with Crippen LogP contribution in [0.4, 0.5) is 17.2 Å². The molecule has 2 aliphatic heterocycles. The molecule has 342 valence electrons. The second-order valence-corrected chi connectivity index (χ2v) is 20.9. The molecule has 5 heterocycles. The molecule has 10 rings (SSSR count). The number of anilines is 2. The Hall–Kier alpha value is -5.62. The van der Waals surface area contributed by atoms with E-state index in [0.29, 0.717) is 41.4 Å². The number of rotatable bonds is 13. The average Bonchev–Trinajstić information content (AvgIpc) is 4.04. The van der Waals surface area contributed by atoms with E-state index in [-0.39, 0.29) is 29.1 Å². The van der Waals surface area contributed by atoms with Crippen molar-refractivity contribution in [2.24, 2.45) is 17.1 Å². The number of aromatic amines is 1. The topological polar surface area (TPSA) is 205 Å². The summed E-state index contributed by atoms with van der Waals surface area (Å²) in [6.07, 6.45) is 14.9. The summed E-state index contributed by atoms with van der Waals surface area (Å²) in [5.41, 5.74) is 10.4. The molecule has 5 aromatic rings. The SMILES string of the molecule is CN1CCN(C2CC3(CCN(c4ccc(C(=O)NS(=O)(=O)c5cnc(NCC6CCC(N)CC6)c([N+](=O)[O-])c5)c(Oc5cnc6[nH]ccc6c5)c4)CC3)C2)[C@H](c2ccccc2C2CC2)C1. The van der Waals surface area contributed by atoms with Crippen molar-refractivity contribution in [1.29, 1.82) is 0 Å². The standard InChI is InChI=1S/C48H58N10O6S/c1-55-20-21-57(43(30-55)40-5-3-2-4-39(40)32-8-9-32)36-25-48(26-36)15-18-56(19-16-48)35-12-13-41(44(23-35)64-37-22-33-14-17-50-45(33)52-28-37)47(59)54-65(62,63)38-24-42(58(60)61)46(53-29-38)51-27-31-6-10-34(49)11-7-31/h2-5,12-14,17,22-24,28-29,31-32,34,36,43H,6-11,15-16,18-21,25-27,30,49H2,1H3,(H,50,52)(H,51,53)(H,54,59)/t31?,34?,43-/m0/s1. The number of piperazine rings is 1. The highest BCUT2D eigenvalue weighted by atomic mass is 32.2. The first-order chi connectivity index (χ1) is 31.4. The molecule has 65 heavy (non-hydrogen) atoms. The number of sulfonamides is 1. The molecule has 1 amide bonds. The summed E-state index contributed by atoms with van der Waals surface area (Å²) in [4.78, 5) is 44.1. The molecule has 5 aliphatic rings. The number of nitrogens with two attached hydrogens (primary N) is 1. The van der Waals surface area contributed by atoms with Gasteiger partial charge in [0, 0.05) is 86.8 Å². The lowest BCUT2D eigenvalue weighted by Crippen LogP contribution is -2.59. The molecule has 5 fully saturated rings. The monoisotopic (exact) mass is 902 g/mol. The van der Waals surface area contributed by atoms with Gasteiger partial charge in [-0.1, -0.05) is 24.3 Å². The van der Waals surface area contributed by atoms with Gasteiger partial charge in [0.1, 0.15) is 22.0 Å². The molecule has 16 nitrogen and oxygen atoms in total.